The average molecular weight is 493 g/mol. The molecule has 3 heterocycles. The molecule has 0 amide bonds. The first-order chi connectivity index (χ1) is 15.9. The number of rotatable bonds is 2. The summed E-state index contributed by atoms with van der Waals surface area (Å²) in [4.78, 5) is 26.5. The lowest BCUT2D eigenvalue weighted by atomic mass is 9.75. The number of ketones is 1. The van der Waals surface area contributed by atoms with Crippen LogP contribution in [0.2, 0.25) is 0 Å². The van der Waals surface area contributed by atoms with E-state index in [1.54, 1.807) is 25.6 Å². The molecule has 2 bridgehead atoms. The van der Waals surface area contributed by atoms with Crippen molar-refractivity contribution in [1.82, 2.24) is 10.6 Å². The molecule has 0 aromatic heterocycles. The van der Waals surface area contributed by atoms with Crippen LogP contribution >= 0.6 is 11.8 Å². The molecule has 1 saturated heterocycles. The van der Waals surface area contributed by atoms with Gasteiger partial charge in [0.2, 0.25) is 0 Å². The number of ether oxygens (including phenoxy) is 1. The van der Waals surface area contributed by atoms with Gasteiger partial charge in [0.15, 0.2) is 5.78 Å². The maximum absolute atomic E-state index is 13.7. The summed E-state index contributed by atoms with van der Waals surface area (Å²) in [7, 11) is 0. The summed E-state index contributed by atoms with van der Waals surface area (Å²) < 4.78 is 5.87. The third-order valence-electron chi connectivity index (χ3n) is 7.39. The van der Waals surface area contributed by atoms with Gasteiger partial charge < -0.3 is 20.3 Å². The number of hydrogen-bond acceptors (Lipinski definition) is 8. The number of nitrogens with one attached hydrogen (secondary N) is 2. The van der Waals surface area contributed by atoms with E-state index >= 15 is 0 Å². The Bertz CT molecular complexity index is 884. The van der Waals surface area contributed by atoms with E-state index in [2.05, 4.69) is 17.6 Å². The number of Topliss-reactive ketones (excluding diaryl/α,β-unsaturated/α-hetero) is 1. The van der Waals surface area contributed by atoms with Crippen LogP contribution in [0.15, 0.2) is 34.4 Å². The number of aliphatic hydroxyl groups is 2. The van der Waals surface area contributed by atoms with Crippen molar-refractivity contribution in [2.24, 2.45) is 11.8 Å². The summed E-state index contributed by atoms with van der Waals surface area (Å²) in [5.41, 5.74) is 1.47. The second-order valence-corrected chi connectivity index (χ2v) is 11.6. The van der Waals surface area contributed by atoms with Crippen molar-refractivity contribution in [3.05, 3.63) is 34.4 Å². The molecule has 7 nitrogen and oxygen atoms in total. The van der Waals surface area contributed by atoms with E-state index in [-0.39, 0.29) is 23.5 Å². The Morgan fingerprint density at radius 2 is 1.97 bits per heavy atom. The molecule has 0 radical (unpaired) electrons. The highest BCUT2D eigenvalue weighted by Gasteiger charge is 2.49. The van der Waals surface area contributed by atoms with E-state index in [4.69, 9.17) is 4.74 Å². The molecule has 0 aromatic rings. The van der Waals surface area contributed by atoms with Crippen molar-refractivity contribution < 1.29 is 24.5 Å². The predicted octanol–water partition coefficient (Wildman–Crippen LogP) is 3.18. The van der Waals surface area contributed by atoms with Gasteiger partial charge in [-0.05, 0) is 69.9 Å². The topological polar surface area (TPSA) is 108 Å². The van der Waals surface area contributed by atoms with Gasteiger partial charge in [0.25, 0.3) is 0 Å². The maximum Gasteiger partial charge on any atom is 0.309 e. The van der Waals surface area contributed by atoms with E-state index in [1.165, 1.54) is 0 Å². The van der Waals surface area contributed by atoms with Gasteiger partial charge in [-0.1, -0.05) is 25.5 Å². The first kappa shape index (κ1) is 27.0. The Morgan fingerprint density at radius 1 is 1.26 bits per heavy atom. The zero-order chi connectivity index (χ0) is 25.2. The number of esters is 1. The molecule has 190 valence electrons. The summed E-state index contributed by atoms with van der Waals surface area (Å²) in [6.45, 7) is 11.3. The van der Waals surface area contributed by atoms with E-state index in [0.29, 0.717) is 0 Å². The molecule has 3 aliphatic rings. The molecule has 8 heteroatoms. The molecule has 0 aromatic carbocycles. The van der Waals surface area contributed by atoms with Crippen molar-refractivity contribution in [2.75, 3.05) is 0 Å². The highest BCUT2D eigenvalue weighted by molar-refractivity contribution is 8.02. The number of thioether (sulfide) groups is 1. The lowest BCUT2D eigenvalue weighted by molar-refractivity contribution is -0.158. The lowest BCUT2D eigenvalue weighted by Crippen LogP contribution is -2.67. The number of carbonyl (C=O) groups is 2. The maximum atomic E-state index is 13.7. The van der Waals surface area contributed by atoms with Crippen LogP contribution < -0.4 is 10.6 Å². The van der Waals surface area contributed by atoms with Crippen molar-refractivity contribution >= 4 is 23.5 Å². The Kier molecular flexibility index (Phi) is 8.71. The molecular formula is C26H40N2O5S. The number of allylic oxidation sites excluding steroid dienone is 2. The average Bonchev–Trinajstić information content (AvgIpc) is 3.18. The minimum Gasteiger partial charge on any atom is -0.456 e. The zero-order valence-corrected chi connectivity index (χ0v) is 21.9. The van der Waals surface area contributed by atoms with Gasteiger partial charge in [-0.3, -0.25) is 14.9 Å². The highest BCUT2D eigenvalue weighted by atomic mass is 32.2. The first-order valence-electron chi connectivity index (χ1n) is 12.3. The van der Waals surface area contributed by atoms with E-state index in [1.807, 2.05) is 38.3 Å². The summed E-state index contributed by atoms with van der Waals surface area (Å²) >= 11 is 1.68. The Balaban J connectivity index is 2.07. The fourth-order valence-electron chi connectivity index (χ4n) is 5.15. The van der Waals surface area contributed by atoms with Gasteiger partial charge in [0.05, 0.1) is 30.0 Å². The standard InChI is InChI=1S/C26H40N2O5S/c1-14-8-7-9-15(2)23(31)17(4)25(32)26(6)21(29)12-22(30)33-24(20(10-14)28-26)16(3)11-19-13-34-18(5)27-19/h10-11,13,15,17-18,20-21,23-24,27-29,31H,7-9,12H2,1-6H3/b14-10-,16-11+/t15-,17+,18?,20?,21-,23-,24+,26-/m0/s1. The fraction of sp³-hybridized carbons (Fsp3) is 0.692. The molecule has 3 rings (SSSR count). The minimum atomic E-state index is -1.42. The van der Waals surface area contributed by atoms with Crippen LogP contribution in [0.3, 0.4) is 0 Å². The molecule has 34 heavy (non-hydrogen) atoms. The second kappa shape index (κ2) is 11.0. The lowest BCUT2D eigenvalue weighted by Gasteiger charge is -2.43. The van der Waals surface area contributed by atoms with Crippen LogP contribution in [0.5, 0.6) is 0 Å². The second-order valence-electron chi connectivity index (χ2n) is 10.4. The van der Waals surface area contributed by atoms with Crippen molar-refractivity contribution in [1.29, 1.82) is 0 Å². The van der Waals surface area contributed by atoms with Gasteiger partial charge in [-0.2, -0.15) is 0 Å². The zero-order valence-electron chi connectivity index (χ0n) is 21.1. The number of hydrogen-bond donors (Lipinski definition) is 4. The molecular weight excluding hydrogens is 452 g/mol. The van der Waals surface area contributed by atoms with Crippen LogP contribution in [-0.4, -0.2) is 57.2 Å². The quantitative estimate of drug-likeness (QED) is 0.344. The number of aliphatic hydroxyl groups excluding tert-OH is 2. The van der Waals surface area contributed by atoms with Crippen molar-refractivity contribution in [3.8, 4) is 0 Å². The van der Waals surface area contributed by atoms with E-state index < -0.39 is 41.8 Å². The normalized spacial score (nSPS) is 42.1. The largest absolute Gasteiger partial charge is 0.456 e. The third kappa shape index (κ3) is 5.96. The summed E-state index contributed by atoms with van der Waals surface area (Å²) in [6.07, 6.45) is 3.47. The SMILES string of the molecule is C/C1=C/C2N[C@](C)(C(=O)[C@H](C)[C@@H](O)[C@@H](C)CCC1)[C@@H](O)CC(=O)O[C@@H]2/C(C)=C/C1=CSC(C)N1. The highest BCUT2D eigenvalue weighted by Crippen LogP contribution is 2.32. The Morgan fingerprint density at radius 3 is 2.62 bits per heavy atom. The van der Waals surface area contributed by atoms with Crippen LogP contribution in [0.25, 0.3) is 0 Å². The molecule has 8 atom stereocenters. The Hall–Kier alpha value is -1.61. The van der Waals surface area contributed by atoms with Gasteiger partial charge in [0, 0.05) is 11.6 Å². The molecule has 4 N–H and O–H groups in total. The van der Waals surface area contributed by atoms with Crippen LogP contribution in [-0.2, 0) is 14.3 Å². The Labute approximate surface area is 207 Å². The molecule has 0 spiro atoms. The predicted molar refractivity (Wildman–Crippen MR) is 135 cm³/mol. The number of cyclic esters (lactones) is 1. The molecule has 2 unspecified atom stereocenters. The molecule has 3 aliphatic heterocycles. The van der Waals surface area contributed by atoms with Crippen LogP contribution in [0.1, 0.15) is 67.2 Å². The van der Waals surface area contributed by atoms with Gasteiger partial charge in [-0.25, -0.2) is 0 Å². The summed E-state index contributed by atoms with van der Waals surface area (Å²) in [6, 6.07) is -0.516. The molecule has 1 fully saturated rings. The van der Waals surface area contributed by atoms with E-state index in [9.17, 15) is 19.8 Å². The monoisotopic (exact) mass is 492 g/mol. The van der Waals surface area contributed by atoms with Gasteiger partial charge in [0.1, 0.15) is 11.6 Å². The minimum absolute atomic E-state index is 0.0494. The molecule has 0 aliphatic carbocycles. The van der Waals surface area contributed by atoms with E-state index in [0.717, 1.165) is 36.1 Å². The van der Waals surface area contributed by atoms with Gasteiger partial charge >= 0.3 is 5.97 Å². The van der Waals surface area contributed by atoms with Crippen LogP contribution in [0, 0.1) is 11.8 Å². The van der Waals surface area contributed by atoms with Gasteiger partial charge in [-0.15, -0.1) is 11.8 Å². The van der Waals surface area contributed by atoms with Crippen molar-refractivity contribution in [3.63, 3.8) is 0 Å². The number of carbonyl (C=O) groups excluding carboxylic acids is 2. The summed E-state index contributed by atoms with van der Waals surface area (Å²) in [5, 5.41) is 31.0. The fourth-order valence-corrected chi connectivity index (χ4v) is 5.84. The third-order valence-corrected chi connectivity index (χ3v) is 8.31. The smallest absolute Gasteiger partial charge is 0.309 e. The van der Waals surface area contributed by atoms with Crippen molar-refractivity contribution in [2.45, 2.75) is 102 Å². The summed E-state index contributed by atoms with van der Waals surface area (Å²) in [5.74, 6) is -1.58. The molecule has 0 saturated carbocycles. The van der Waals surface area contributed by atoms with Crippen LogP contribution in [0.4, 0.5) is 0 Å². The number of fused-ring (bicyclic) bond motifs is 2. The first-order valence-corrected chi connectivity index (χ1v) is 13.2.